The van der Waals surface area contributed by atoms with Gasteiger partial charge in [-0.25, -0.2) is 0 Å². The van der Waals surface area contributed by atoms with E-state index in [1.807, 2.05) is 12.4 Å². The summed E-state index contributed by atoms with van der Waals surface area (Å²) >= 11 is 0. The lowest BCUT2D eigenvalue weighted by Gasteiger charge is -2.10. The zero-order valence-electron chi connectivity index (χ0n) is 11.3. The molecule has 98 valence electrons. The standard InChI is InChI=1S/C19H12N2/c1-2-7-17-13(4-1)8-9-14-5-3-6-15-16-12-20-11-10-18(16)21(17)19(14)15/h1-12H. The summed E-state index contributed by atoms with van der Waals surface area (Å²) in [6.45, 7) is 0. The fourth-order valence-electron chi connectivity index (χ4n) is 3.33. The molecule has 0 fully saturated rings. The minimum Gasteiger partial charge on any atom is -0.308 e. The summed E-state index contributed by atoms with van der Waals surface area (Å²) in [4.78, 5) is 4.31. The Morgan fingerprint density at radius 2 is 1.62 bits per heavy atom. The first-order chi connectivity index (χ1) is 10.4. The van der Waals surface area contributed by atoms with Crippen molar-refractivity contribution in [1.29, 1.82) is 0 Å². The number of aromatic nitrogens is 2. The summed E-state index contributed by atoms with van der Waals surface area (Å²) in [6, 6.07) is 17.1. The smallest absolute Gasteiger partial charge is 0.0614 e. The molecule has 1 aliphatic rings. The number of nitrogens with zero attached hydrogens (tertiary/aromatic N) is 2. The monoisotopic (exact) mass is 268 g/mol. The van der Waals surface area contributed by atoms with E-state index in [1.165, 1.54) is 38.6 Å². The average Bonchev–Trinajstić information content (AvgIpc) is 2.78. The van der Waals surface area contributed by atoms with Gasteiger partial charge < -0.3 is 4.57 Å². The molecule has 0 atom stereocenters. The topological polar surface area (TPSA) is 17.8 Å². The molecule has 0 bridgehead atoms. The van der Waals surface area contributed by atoms with Crippen LogP contribution < -0.4 is 0 Å². The first-order valence-corrected chi connectivity index (χ1v) is 7.08. The highest BCUT2D eigenvalue weighted by atomic mass is 15.0. The Morgan fingerprint density at radius 3 is 2.62 bits per heavy atom. The average molecular weight is 268 g/mol. The first-order valence-electron chi connectivity index (χ1n) is 7.08. The van der Waals surface area contributed by atoms with Crippen LogP contribution in [-0.2, 0) is 0 Å². The molecular formula is C19H12N2. The fourth-order valence-corrected chi connectivity index (χ4v) is 3.33. The predicted octanol–water partition coefficient (Wildman–Crippen LogP) is 4.66. The maximum atomic E-state index is 4.31. The molecule has 2 aromatic carbocycles. The molecule has 0 aliphatic carbocycles. The maximum Gasteiger partial charge on any atom is 0.0614 e. The van der Waals surface area contributed by atoms with Crippen LogP contribution in [-0.4, -0.2) is 9.55 Å². The lowest BCUT2D eigenvalue weighted by atomic mass is 10.1. The van der Waals surface area contributed by atoms with Crippen molar-refractivity contribution in [2.75, 3.05) is 0 Å². The van der Waals surface area contributed by atoms with Crippen LogP contribution in [0.5, 0.6) is 0 Å². The molecule has 2 nitrogen and oxygen atoms in total. The summed E-state index contributed by atoms with van der Waals surface area (Å²) in [5, 5.41) is 2.47. The van der Waals surface area contributed by atoms with E-state index < -0.39 is 0 Å². The van der Waals surface area contributed by atoms with Gasteiger partial charge in [-0.05, 0) is 23.3 Å². The third-order valence-electron chi connectivity index (χ3n) is 4.24. The molecule has 0 spiro atoms. The Balaban J connectivity index is 2.14. The van der Waals surface area contributed by atoms with E-state index in [1.54, 1.807) is 0 Å². The van der Waals surface area contributed by atoms with Crippen LogP contribution in [0.3, 0.4) is 0 Å². The molecule has 0 N–H and O–H groups in total. The van der Waals surface area contributed by atoms with Crippen LogP contribution in [0.25, 0.3) is 39.6 Å². The number of fused-ring (bicyclic) bond motifs is 5. The van der Waals surface area contributed by atoms with Crippen molar-refractivity contribution in [2.45, 2.75) is 0 Å². The third kappa shape index (κ3) is 1.34. The van der Waals surface area contributed by atoms with Crippen molar-refractivity contribution in [3.8, 4) is 5.69 Å². The number of benzene rings is 2. The summed E-state index contributed by atoms with van der Waals surface area (Å²) in [5.74, 6) is 0. The summed E-state index contributed by atoms with van der Waals surface area (Å²) < 4.78 is 2.36. The summed E-state index contributed by atoms with van der Waals surface area (Å²) in [5.41, 5.74) is 6.19. The third-order valence-corrected chi connectivity index (χ3v) is 4.24. The Kier molecular flexibility index (Phi) is 1.98. The molecule has 0 unspecified atom stereocenters. The number of hydrogen-bond acceptors (Lipinski definition) is 1. The van der Waals surface area contributed by atoms with Crippen molar-refractivity contribution in [2.24, 2.45) is 0 Å². The number of pyridine rings is 1. The van der Waals surface area contributed by atoms with Gasteiger partial charge in [0.2, 0.25) is 0 Å². The Hall–Kier alpha value is -2.87. The van der Waals surface area contributed by atoms with E-state index in [9.17, 15) is 0 Å². The fraction of sp³-hybridized carbons (Fsp3) is 0. The van der Waals surface area contributed by atoms with E-state index in [0.717, 1.165) is 0 Å². The van der Waals surface area contributed by atoms with Crippen molar-refractivity contribution < 1.29 is 0 Å². The highest BCUT2D eigenvalue weighted by Crippen LogP contribution is 2.37. The molecular weight excluding hydrogens is 256 g/mol. The van der Waals surface area contributed by atoms with Gasteiger partial charge in [-0.3, -0.25) is 4.98 Å². The number of rotatable bonds is 0. The SMILES string of the molecule is C1=Cc2cccc3c4cnccc4n(c23)-c2ccccc21. The van der Waals surface area contributed by atoms with Gasteiger partial charge in [0.1, 0.15) is 0 Å². The lowest BCUT2D eigenvalue weighted by molar-refractivity contribution is 1.17. The quantitative estimate of drug-likeness (QED) is 0.399. The van der Waals surface area contributed by atoms with Gasteiger partial charge in [0.05, 0.1) is 16.7 Å². The second kappa shape index (κ2) is 3.83. The van der Waals surface area contributed by atoms with Crippen LogP contribution in [0.2, 0.25) is 0 Å². The maximum absolute atomic E-state index is 4.31. The Labute approximate surface area is 122 Å². The minimum absolute atomic E-state index is 1.21. The normalized spacial score (nSPS) is 12.6. The van der Waals surface area contributed by atoms with Gasteiger partial charge in [0.15, 0.2) is 0 Å². The van der Waals surface area contributed by atoms with Crippen LogP contribution in [0.15, 0.2) is 60.9 Å². The van der Waals surface area contributed by atoms with E-state index in [-0.39, 0.29) is 0 Å². The predicted molar refractivity (Wildman–Crippen MR) is 87.5 cm³/mol. The molecule has 2 heteroatoms. The van der Waals surface area contributed by atoms with Gasteiger partial charge in [-0.2, -0.15) is 0 Å². The van der Waals surface area contributed by atoms with Crippen LogP contribution in [0, 0.1) is 0 Å². The molecule has 3 heterocycles. The Bertz CT molecular complexity index is 1040. The second-order valence-electron chi connectivity index (χ2n) is 5.36. The van der Waals surface area contributed by atoms with Gasteiger partial charge in [-0.1, -0.05) is 48.6 Å². The molecule has 5 rings (SSSR count). The van der Waals surface area contributed by atoms with E-state index in [4.69, 9.17) is 0 Å². The highest BCUT2D eigenvalue weighted by molar-refractivity contribution is 6.12. The molecule has 0 saturated carbocycles. The van der Waals surface area contributed by atoms with E-state index in [2.05, 4.69) is 70.2 Å². The van der Waals surface area contributed by atoms with Crippen molar-refractivity contribution in [3.63, 3.8) is 0 Å². The van der Waals surface area contributed by atoms with Crippen molar-refractivity contribution in [1.82, 2.24) is 9.55 Å². The molecule has 2 aromatic heterocycles. The van der Waals surface area contributed by atoms with Gasteiger partial charge >= 0.3 is 0 Å². The lowest BCUT2D eigenvalue weighted by Crippen LogP contribution is -1.96. The molecule has 0 saturated heterocycles. The van der Waals surface area contributed by atoms with Crippen LogP contribution in [0.4, 0.5) is 0 Å². The molecule has 21 heavy (non-hydrogen) atoms. The summed E-state index contributed by atoms with van der Waals surface area (Å²) in [6.07, 6.45) is 8.23. The number of hydrogen-bond donors (Lipinski definition) is 0. The van der Waals surface area contributed by atoms with Gasteiger partial charge in [0, 0.05) is 23.2 Å². The van der Waals surface area contributed by atoms with Gasteiger partial charge in [0.25, 0.3) is 0 Å². The van der Waals surface area contributed by atoms with Crippen molar-refractivity contribution >= 4 is 34.0 Å². The van der Waals surface area contributed by atoms with Crippen LogP contribution in [0.1, 0.15) is 11.1 Å². The molecule has 0 amide bonds. The molecule has 0 radical (unpaired) electrons. The molecule has 4 aromatic rings. The Morgan fingerprint density at radius 1 is 0.762 bits per heavy atom. The zero-order valence-corrected chi connectivity index (χ0v) is 11.3. The minimum atomic E-state index is 1.21. The van der Waals surface area contributed by atoms with Gasteiger partial charge in [-0.15, -0.1) is 0 Å². The molecule has 1 aliphatic heterocycles. The largest absolute Gasteiger partial charge is 0.308 e. The highest BCUT2D eigenvalue weighted by Gasteiger charge is 2.17. The zero-order chi connectivity index (χ0) is 13.8. The number of para-hydroxylation sites is 2. The second-order valence-corrected chi connectivity index (χ2v) is 5.36. The first kappa shape index (κ1) is 10.9. The van der Waals surface area contributed by atoms with Crippen LogP contribution >= 0.6 is 0 Å². The van der Waals surface area contributed by atoms with E-state index >= 15 is 0 Å². The van der Waals surface area contributed by atoms with Crippen molar-refractivity contribution in [3.05, 3.63) is 72.1 Å². The summed E-state index contributed by atoms with van der Waals surface area (Å²) in [7, 11) is 0. The van der Waals surface area contributed by atoms with E-state index in [0.29, 0.717) is 0 Å².